The van der Waals surface area contributed by atoms with Crippen LogP contribution < -0.4 is 5.32 Å². The summed E-state index contributed by atoms with van der Waals surface area (Å²) < 4.78 is 5.60. The molecule has 1 aliphatic heterocycles. The molecule has 1 aromatic rings. The molecular formula is C15H28ClN3OS. The Balaban J connectivity index is 0.00000220. The van der Waals surface area contributed by atoms with Gasteiger partial charge in [-0.2, -0.15) is 0 Å². The van der Waals surface area contributed by atoms with Crippen LogP contribution in [0.15, 0.2) is 5.38 Å². The van der Waals surface area contributed by atoms with Crippen molar-refractivity contribution in [3.8, 4) is 0 Å². The first kappa shape index (κ1) is 18.8. The van der Waals surface area contributed by atoms with Crippen molar-refractivity contribution in [3.05, 3.63) is 16.1 Å². The molecule has 2 heterocycles. The lowest BCUT2D eigenvalue weighted by Crippen LogP contribution is -2.34. The first-order valence-corrected chi connectivity index (χ1v) is 8.52. The van der Waals surface area contributed by atoms with Gasteiger partial charge in [0, 0.05) is 25.1 Å². The molecule has 0 aromatic carbocycles. The molecule has 0 amide bonds. The highest BCUT2D eigenvalue weighted by Gasteiger charge is 2.16. The zero-order chi connectivity index (χ0) is 14.4. The molecule has 1 saturated heterocycles. The van der Waals surface area contributed by atoms with E-state index in [1.807, 2.05) is 6.92 Å². The summed E-state index contributed by atoms with van der Waals surface area (Å²) in [6.45, 7) is 9.31. The summed E-state index contributed by atoms with van der Waals surface area (Å²) in [4.78, 5) is 7.10. The van der Waals surface area contributed by atoms with Crippen LogP contribution in [0.25, 0.3) is 0 Å². The topological polar surface area (TPSA) is 37.4 Å². The van der Waals surface area contributed by atoms with Crippen LogP contribution in [0.2, 0.25) is 0 Å². The molecule has 2 rings (SSSR count). The molecule has 1 N–H and O–H groups in total. The van der Waals surface area contributed by atoms with E-state index in [0.29, 0.717) is 0 Å². The number of rotatable bonds is 7. The standard InChI is InChI=1S/C15H27N3OS.ClH/c1-4-19-12(2)15-17-14(11-20-15)10-18(3)9-13-5-7-16-8-6-13;/h11-13,16H,4-10H2,1-3H3;1H. The van der Waals surface area contributed by atoms with Crippen LogP contribution in [0.5, 0.6) is 0 Å². The van der Waals surface area contributed by atoms with Crippen LogP contribution in [0.3, 0.4) is 0 Å². The Hall–Kier alpha value is -0.200. The minimum atomic E-state index is 0. The lowest BCUT2D eigenvalue weighted by atomic mass is 9.98. The van der Waals surface area contributed by atoms with E-state index in [-0.39, 0.29) is 18.5 Å². The van der Waals surface area contributed by atoms with E-state index < -0.39 is 0 Å². The molecule has 0 radical (unpaired) electrons. The number of hydrogen-bond donors (Lipinski definition) is 1. The molecule has 1 atom stereocenters. The zero-order valence-electron chi connectivity index (χ0n) is 13.3. The summed E-state index contributed by atoms with van der Waals surface area (Å²) >= 11 is 1.71. The molecule has 0 spiro atoms. The molecule has 1 unspecified atom stereocenters. The molecule has 1 fully saturated rings. The Morgan fingerprint density at radius 1 is 1.48 bits per heavy atom. The predicted molar refractivity (Wildman–Crippen MR) is 91.3 cm³/mol. The van der Waals surface area contributed by atoms with Crippen molar-refractivity contribution in [1.82, 2.24) is 15.2 Å². The van der Waals surface area contributed by atoms with Crippen LogP contribution in [-0.4, -0.2) is 43.2 Å². The van der Waals surface area contributed by atoms with Crippen LogP contribution in [0.1, 0.15) is 43.5 Å². The van der Waals surface area contributed by atoms with Crippen LogP contribution in [0.4, 0.5) is 0 Å². The van der Waals surface area contributed by atoms with E-state index in [0.717, 1.165) is 24.1 Å². The highest BCUT2D eigenvalue weighted by molar-refractivity contribution is 7.09. The number of nitrogens with one attached hydrogen (secondary N) is 1. The molecular weight excluding hydrogens is 306 g/mol. The van der Waals surface area contributed by atoms with Gasteiger partial charge in [0.2, 0.25) is 0 Å². The number of ether oxygens (including phenoxy) is 1. The van der Waals surface area contributed by atoms with Crippen molar-refractivity contribution < 1.29 is 4.74 Å². The summed E-state index contributed by atoms with van der Waals surface area (Å²) in [5, 5.41) is 6.69. The van der Waals surface area contributed by atoms with Crippen LogP contribution in [-0.2, 0) is 11.3 Å². The number of nitrogens with zero attached hydrogens (tertiary/aromatic N) is 2. The maximum atomic E-state index is 5.60. The van der Waals surface area contributed by atoms with Gasteiger partial charge in [0.15, 0.2) is 0 Å². The van der Waals surface area contributed by atoms with E-state index in [4.69, 9.17) is 9.72 Å². The number of thiazole rings is 1. The number of halogens is 1. The summed E-state index contributed by atoms with van der Waals surface area (Å²) in [6, 6.07) is 0. The maximum absolute atomic E-state index is 5.60. The normalized spacial score (nSPS) is 17.7. The first-order chi connectivity index (χ1) is 9.69. The van der Waals surface area contributed by atoms with E-state index in [1.54, 1.807) is 11.3 Å². The quantitative estimate of drug-likeness (QED) is 0.832. The lowest BCUT2D eigenvalue weighted by Gasteiger charge is -2.27. The SMILES string of the molecule is CCOC(C)c1nc(CN(C)CC2CCNCC2)cs1.Cl. The molecule has 6 heteroatoms. The first-order valence-electron chi connectivity index (χ1n) is 7.64. The smallest absolute Gasteiger partial charge is 0.122 e. The van der Waals surface area contributed by atoms with Crippen LogP contribution in [0, 0.1) is 5.92 Å². The summed E-state index contributed by atoms with van der Waals surface area (Å²) in [5.41, 5.74) is 1.17. The van der Waals surface area contributed by atoms with Gasteiger partial charge >= 0.3 is 0 Å². The Bertz CT molecular complexity index is 396. The third-order valence-electron chi connectivity index (χ3n) is 3.79. The van der Waals surface area contributed by atoms with Gasteiger partial charge in [-0.15, -0.1) is 23.7 Å². The van der Waals surface area contributed by atoms with Gasteiger partial charge in [-0.05, 0) is 52.7 Å². The van der Waals surface area contributed by atoms with E-state index in [1.165, 1.54) is 38.2 Å². The fraction of sp³-hybridized carbons (Fsp3) is 0.800. The van der Waals surface area contributed by atoms with E-state index in [9.17, 15) is 0 Å². The second-order valence-corrected chi connectivity index (χ2v) is 6.55. The van der Waals surface area contributed by atoms with Gasteiger partial charge < -0.3 is 15.0 Å². The summed E-state index contributed by atoms with van der Waals surface area (Å²) in [6.07, 6.45) is 2.72. The van der Waals surface area contributed by atoms with Crippen LogP contribution >= 0.6 is 23.7 Å². The van der Waals surface area contributed by atoms with Crippen molar-refractivity contribution in [1.29, 1.82) is 0 Å². The minimum Gasteiger partial charge on any atom is -0.372 e. The average Bonchev–Trinajstić information content (AvgIpc) is 2.88. The summed E-state index contributed by atoms with van der Waals surface area (Å²) in [5.74, 6) is 0.835. The lowest BCUT2D eigenvalue weighted by molar-refractivity contribution is 0.0760. The largest absolute Gasteiger partial charge is 0.372 e. The zero-order valence-corrected chi connectivity index (χ0v) is 14.9. The average molecular weight is 334 g/mol. The van der Waals surface area contributed by atoms with Crippen molar-refractivity contribution >= 4 is 23.7 Å². The molecule has 0 bridgehead atoms. The Labute approximate surface area is 138 Å². The molecule has 4 nitrogen and oxygen atoms in total. The second kappa shape index (κ2) is 9.74. The molecule has 0 saturated carbocycles. The number of hydrogen-bond acceptors (Lipinski definition) is 5. The Kier molecular flexibility index (Phi) is 8.74. The van der Waals surface area contributed by atoms with Gasteiger partial charge in [0.25, 0.3) is 0 Å². The van der Waals surface area contributed by atoms with E-state index in [2.05, 4.69) is 29.6 Å². The van der Waals surface area contributed by atoms with Crippen molar-refractivity contribution in [2.75, 3.05) is 33.3 Å². The Morgan fingerprint density at radius 2 is 2.19 bits per heavy atom. The van der Waals surface area contributed by atoms with Gasteiger partial charge in [-0.25, -0.2) is 4.98 Å². The molecule has 122 valence electrons. The summed E-state index contributed by atoms with van der Waals surface area (Å²) in [7, 11) is 2.20. The second-order valence-electron chi connectivity index (χ2n) is 5.66. The minimum absolute atomic E-state index is 0. The van der Waals surface area contributed by atoms with Gasteiger partial charge in [-0.3, -0.25) is 0 Å². The number of aromatic nitrogens is 1. The Morgan fingerprint density at radius 3 is 2.86 bits per heavy atom. The van der Waals surface area contributed by atoms with Crippen molar-refractivity contribution in [2.45, 2.75) is 39.3 Å². The molecule has 21 heavy (non-hydrogen) atoms. The highest BCUT2D eigenvalue weighted by Crippen LogP contribution is 2.22. The third-order valence-corrected chi connectivity index (χ3v) is 4.85. The van der Waals surface area contributed by atoms with Gasteiger partial charge in [0.1, 0.15) is 11.1 Å². The van der Waals surface area contributed by atoms with Gasteiger partial charge in [-0.1, -0.05) is 0 Å². The fourth-order valence-corrected chi connectivity index (χ4v) is 3.56. The fourth-order valence-electron chi connectivity index (χ4n) is 2.75. The molecule has 0 aliphatic carbocycles. The molecule has 1 aromatic heterocycles. The highest BCUT2D eigenvalue weighted by atomic mass is 35.5. The number of piperidine rings is 1. The molecule has 1 aliphatic rings. The predicted octanol–water partition coefficient (Wildman–Crippen LogP) is 3.09. The van der Waals surface area contributed by atoms with Crippen molar-refractivity contribution in [2.24, 2.45) is 5.92 Å². The van der Waals surface area contributed by atoms with E-state index >= 15 is 0 Å². The maximum Gasteiger partial charge on any atom is 0.122 e. The third kappa shape index (κ3) is 6.20. The monoisotopic (exact) mass is 333 g/mol. The van der Waals surface area contributed by atoms with Crippen molar-refractivity contribution in [3.63, 3.8) is 0 Å². The van der Waals surface area contributed by atoms with Gasteiger partial charge in [0.05, 0.1) is 5.69 Å².